The van der Waals surface area contributed by atoms with Crippen molar-refractivity contribution in [2.45, 2.75) is 12.5 Å². The number of aromatic nitrogens is 2. The molecule has 0 aromatic carbocycles. The van der Waals surface area contributed by atoms with E-state index in [1.54, 1.807) is 0 Å². The number of nitrogens with zero attached hydrogens (tertiary/aromatic N) is 1. The first-order chi connectivity index (χ1) is 4.72. The van der Waals surface area contributed by atoms with Crippen LogP contribution in [-0.2, 0) is 0 Å². The van der Waals surface area contributed by atoms with E-state index in [1.807, 2.05) is 0 Å². The van der Waals surface area contributed by atoms with Crippen molar-refractivity contribution in [2.24, 2.45) is 0 Å². The van der Waals surface area contributed by atoms with Crippen LogP contribution in [0.2, 0.25) is 0 Å². The molecule has 0 bridgehead atoms. The number of H-pyrrole nitrogens is 1. The van der Waals surface area contributed by atoms with E-state index in [0.29, 0.717) is 0 Å². The van der Waals surface area contributed by atoms with Gasteiger partial charge in [0, 0.05) is 12.4 Å². The molecule has 11 heavy (non-hydrogen) atoms. The van der Waals surface area contributed by atoms with Crippen molar-refractivity contribution in [2.75, 3.05) is 0 Å². The summed E-state index contributed by atoms with van der Waals surface area (Å²) in [5, 5.41) is 8.64. The largest absolute Gasteiger partial charge is 0.379 e. The third kappa shape index (κ3) is 2.44. The molecule has 64 valence electrons. The minimum Gasteiger partial charge on any atom is -0.379 e. The summed E-state index contributed by atoms with van der Waals surface area (Å²) in [6.07, 6.45) is -1.90. The zero-order valence-electron chi connectivity index (χ0n) is 5.37. The van der Waals surface area contributed by atoms with E-state index in [4.69, 9.17) is 5.11 Å². The molecule has 0 amide bonds. The summed E-state index contributed by atoms with van der Waals surface area (Å²) < 4.78 is 23.4. The number of imidazole rings is 1. The van der Waals surface area contributed by atoms with Gasteiger partial charge in [-0.25, -0.2) is 13.8 Å². The number of aromatic amines is 1. The number of hydrogen-bond acceptors (Lipinski definition) is 2. The van der Waals surface area contributed by atoms with E-state index < -0.39 is 12.5 Å². The standard InChI is InChI=1S/C5H6F2N2O.ClH/c6-4(7)3(10)5-8-1-2-9-5;/h1-4,10H,(H,8,9);1H. The van der Waals surface area contributed by atoms with Crippen LogP contribution in [0.4, 0.5) is 8.78 Å². The van der Waals surface area contributed by atoms with Crippen LogP contribution >= 0.6 is 12.4 Å². The molecular weight excluding hydrogens is 178 g/mol. The van der Waals surface area contributed by atoms with Crippen molar-refractivity contribution >= 4 is 12.4 Å². The fraction of sp³-hybridized carbons (Fsp3) is 0.400. The van der Waals surface area contributed by atoms with Gasteiger partial charge in [-0.1, -0.05) is 0 Å². The Morgan fingerprint density at radius 3 is 2.55 bits per heavy atom. The van der Waals surface area contributed by atoms with E-state index >= 15 is 0 Å². The minimum absolute atomic E-state index is 0. The van der Waals surface area contributed by atoms with Crippen LogP contribution in [0, 0.1) is 0 Å². The van der Waals surface area contributed by atoms with Gasteiger partial charge in [0.15, 0.2) is 6.10 Å². The second-order valence-corrected chi connectivity index (χ2v) is 1.75. The molecule has 0 saturated carbocycles. The minimum atomic E-state index is -2.79. The third-order valence-corrected chi connectivity index (χ3v) is 1.04. The van der Waals surface area contributed by atoms with Gasteiger partial charge in [0.25, 0.3) is 6.43 Å². The summed E-state index contributed by atoms with van der Waals surface area (Å²) in [6.45, 7) is 0. The number of nitrogens with one attached hydrogen (secondary N) is 1. The molecule has 0 fully saturated rings. The lowest BCUT2D eigenvalue weighted by molar-refractivity contribution is -0.0104. The lowest BCUT2D eigenvalue weighted by Gasteiger charge is -2.03. The highest BCUT2D eigenvalue weighted by Crippen LogP contribution is 2.15. The molecule has 1 atom stereocenters. The number of rotatable bonds is 2. The zero-order valence-corrected chi connectivity index (χ0v) is 6.18. The van der Waals surface area contributed by atoms with Crippen molar-refractivity contribution < 1.29 is 13.9 Å². The first-order valence-electron chi connectivity index (χ1n) is 2.67. The Kier molecular flexibility index (Phi) is 3.99. The Hall–Kier alpha value is -0.680. The molecule has 1 heterocycles. The quantitative estimate of drug-likeness (QED) is 0.724. The van der Waals surface area contributed by atoms with E-state index in [2.05, 4.69) is 9.97 Å². The lowest BCUT2D eigenvalue weighted by atomic mass is 10.3. The Labute approximate surface area is 67.9 Å². The average molecular weight is 185 g/mol. The van der Waals surface area contributed by atoms with Crippen molar-refractivity contribution in [3.05, 3.63) is 18.2 Å². The molecule has 1 aromatic heterocycles. The van der Waals surface area contributed by atoms with Crippen LogP contribution in [0.1, 0.15) is 11.9 Å². The topological polar surface area (TPSA) is 48.9 Å². The molecule has 0 radical (unpaired) electrons. The van der Waals surface area contributed by atoms with Gasteiger partial charge < -0.3 is 10.1 Å². The number of hydrogen-bond donors (Lipinski definition) is 2. The van der Waals surface area contributed by atoms with E-state index in [0.717, 1.165) is 0 Å². The van der Waals surface area contributed by atoms with Gasteiger partial charge in [0.1, 0.15) is 5.82 Å². The second-order valence-electron chi connectivity index (χ2n) is 1.75. The van der Waals surface area contributed by atoms with Crippen LogP contribution in [0.5, 0.6) is 0 Å². The number of aliphatic hydroxyl groups excluding tert-OH is 1. The Bertz CT molecular complexity index is 192. The molecule has 6 heteroatoms. The Morgan fingerprint density at radius 1 is 1.55 bits per heavy atom. The number of aliphatic hydroxyl groups is 1. The molecule has 3 nitrogen and oxygen atoms in total. The van der Waals surface area contributed by atoms with Crippen LogP contribution < -0.4 is 0 Å². The average Bonchev–Trinajstić information content (AvgIpc) is 2.36. The number of alkyl halides is 2. The van der Waals surface area contributed by atoms with Crippen LogP contribution in [0.3, 0.4) is 0 Å². The summed E-state index contributed by atoms with van der Waals surface area (Å²) >= 11 is 0. The molecule has 1 unspecified atom stereocenters. The maximum absolute atomic E-state index is 11.7. The van der Waals surface area contributed by atoms with Crippen molar-refractivity contribution in [1.82, 2.24) is 9.97 Å². The maximum Gasteiger partial charge on any atom is 0.271 e. The molecule has 0 spiro atoms. The summed E-state index contributed by atoms with van der Waals surface area (Å²) in [7, 11) is 0. The fourth-order valence-corrected chi connectivity index (χ4v) is 0.559. The molecule has 1 aromatic rings. The fourth-order valence-electron chi connectivity index (χ4n) is 0.559. The van der Waals surface area contributed by atoms with Crippen molar-refractivity contribution in [3.63, 3.8) is 0 Å². The highest BCUT2D eigenvalue weighted by Gasteiger charge is 2.20. The highest BCUT2D eigenvalue weighted by molar-refractivity contribution is 5.85. The van der Waals surface area contributed by atoms with Gasteiger partial charge in [-0.2, -0.15) is 0 Å². The third-order valence-electron chi connectivity index (χ3n) is 1.04. The van der Waals surface area contributed by atoms with Crippen molar-refractivity contribution in [3.8, 4) is 0 Å². The summed E-state index contributed by atoms with van der Waals surface area (Å²) in [5.41, 5.74) is 0. The van der Waals surface area contributed by atoms with E-state index in [-0.39, 0.29) is 18.2 Å². The van der Waals surface area contributed by atoms with E-state index in [1.165, 1.54) is 12.4 Å². The Balaban J connectivity index is 0.000001000. The first-order valence-corrected chi connectivity index (χ1v) is 2.67. The highest BCUT2D eigenvalue weighted by atomic mass is 35.5. The van der Waals surface area contributed by atoms with Gasteiger partial charge >= 0.3 is 0 Å². The predicted octanol–water partition coefficient (Wildman–Crippen LogP) is 1.13. The second kappa shape index (κ2) is 4.25. The first kappa shape index (κ1) is 10.3. The van der Waals surface area contributed by atoms with Gasteiger partial charge in [-0.15, -0.1) is 12.4 Å². The molecule has 0 aliphatic carbocycles. The number of halogens is 3. The smallest absolute Gasteiger partial charge is 0.271 e. The zero-order chi connectivity index (χ0) is 7.56. The van der Waals surface area contributed by atoms with Crippen LogP contribution in [0.15, 0.2) is 12.4 Å². The van der Waals surface area contributed by atoms with Crippen LogP contribution in [-0.4, -0.2) is 21.5 Å². The van der Waals surface area contributed by atoms with Crippen molar-refractivity contribution in [1.29, 1.82) is 0 Å². The monoisotopic (exact) mass is 184 g/mol. The normalized spacial score (nSPS) is 12.7. The van der Waals surface area contributed by atoms with Crippen LogP contribution in [0.25, 0.3) is 0 Å². The maximum atomic E-state index is 11.7. The lowest BCUT2D eigenvalue weighted by Crippen LogP contribution is -2.09. The Morgan fingerprint density at radius 2 is 2.18 bits per heavy atom. The molecule has 0 saturated heterocycles. The summed E-state index contributed by atoms with van der Waals surface area (Å²) in [6, 6.07) is 0. The molecular formula is C5H7ClF2N2O. The van der Waals surface area contributed by atoms with Gasteiger partial charge in [-0.05, 0) is 0 Å². The molecule has 0 aliphatic rings. The molecule has 0 aliphatic heterocycles. The van der Waals surface area contributed by atoms with Gasteiger partial charge in [0.2, 0.25) is 0 Å². The summed E-state index contributed by atoms with van der Waals surface area (Å²) in [4.78, 5) is 5.83. The predicted molar refractivity (Wildman–Crippen MR) is 36.8 cm³/mol. The molecule has 2 N–H and O–H groups in total. The van der Waals surface area contributed by atoms with Gasteiger partial charge in [0.05, 0.1) is 0 Å². The SMILES string of the molecule is Cl.OC(c1ncc[nH]1)C(F)F. The van der Waals surface area contributed by atoms with E-state index in [9.17, 15) is 8.78 Å². The molecule has 1 rings (SSSR count). The summed E-state index contributed by atoms with van der Waals surface area (Å²) in [5.74, 6) is -0.102. The van der Waals surface area contributed by atoms with Gasteiger partial charge in [-0.3, -0.25) is 0 Å².